The smallest absolute Gasteiger partial charge is 0.410 e. The normalized spacial score (nSPS) is 17.6. The molecule has 146 valence electrons. The number of hydrogen-bond donors (Lipinski definition) is 2. The van der Waals surface area contributed by atoms with E-state index in [1.165, 1.54) is 0 Å². The summed E-state index contributed by atoms with van der Waals surface area (Å²) in [5.74, 6) is 0.844. The minimum atomic E-state index is -0.508. The summed E-state index contributed by atoms with van der Waals surface area (Å²) in [7, 11) is 1.86. The van der Waals surface area contributed by atoms with E-state index >= 15 is 0 Å². The van der Waals surface area contributed by atoms with Crippen molar-refractivity contribution in [3.8, 4) is 11.1 Å². The van der Waals surface area contributed by atoms with Gasteiger partial charge in [-0.15, -0.1) is 0 Å². The Morgan fingerprint density at radius 2 is 2.15 bits per heavy atom. The van der Waals surface area contributed by atoms with Crippen LogP contribution in [0, 0.1) is 0 Å². The van der Waals surface area contributed by atoms with Crippen molar-refractivity contribution in [2.24, 2.45) is 7.05 Å². The van der Waals surface area contributed by atoms with Crippen LogP contribution in [0.4, 0.5) is 16.6 Å². The van der Waals surface area contributed by atoms with Gasteiger partial charge in [-0.3, -0.25) is 4.68 Å². The maximum Gasteiger partial charge on any atom is 0.410 e. The molecule has 0 aliphatic carbocycles. The number of carbonyl (C=O) groups excluding carboxylic acids is 1. The number of piperidine rings is 1. The van der Waals surface area contributed by atoms with E-state index in [1.807, 2.05) is 34.0 Å². The average Bonchev–Trinajstić information content (AvgIpc) is 3.00. The van der Waals surface area contributed by atoms with Crippen molar-refractivity contribution in [2.45, 2.75) is 45.3 Å². The molecule has 0 spiro atoms. The highest BCUT2D eigenvalue weighted by molar-refractivity contribution is 5.74. The third-order valence-corrected chi connectivity index (χ3v) is 4.24. The standard InChI is InChI=1S/C18H27N7O2/c1-18(2,3)27-17(26)25-7-5-6-13(11-25)22-15-14(9-20-16(19)23-15)12-8-21-24(4)10-12/h8-10,13H,5-7,11H2,1-4H3,(H3,19,20,22,23)/t13-/m0/s1. The lowest BCUT2D eigenvalue weighted by Gasteiger charge is -2.34. The molecule has 0 saturated carbocycles. The lowest BCUT2D eigenvalue weighted by atomic mass is 10.1. The van der Waals surface area contributed by atoms with Crippen molar-refractivity contribution in [3.63, 3.8) is 0 Å². The number of carbonyl (C=O) groups is 1. The number of anilines is 2. The minimum absolute atomic E-state index is 0.0518. The van der Waals surface area contributed by atoms with Crippen LogP contribution in [-0.4, -0.2) is 55.5 Å². The fourth-order valence-electron chi connectivity index (χ4n) is 3.06. The molecule has 2 aromatic heterocycles. The van der Waals surface area contributed by atoms with Gasteiger partial charge in [0.1, 0.15) is 11.4 Å². The molecule has 0 bridgehead atoms. The first-order chi connectivity index (χ1) is 12.7. The van der Waals surface area contributed by atoms with Crippen LogP contribution in [0.2, 0.25) is 0 Å². The topological polar surface area (TPSA) is 111 Å². The summed E-state index contributed by atoms with van der Waals surface area (Å²) in [6, 6.07) is 0.0518. The molecule has 1 fully saturated rings. The molecule has 3 rings (SSSR count). The van der Waals surface area contributed by atoms with Gasteiger partial charge in [-0.1, -0.05) is 0 Å². The summed E-state index contributed by atoms with van der Waals surface area (Å²) >= 11 is 0. The number of nitrogens with one attached hydrogen (secondary N) is 1. The average molecular weight is 373 g/mol. The lowest BCUT2D eigenvalue weighted by Crippen LogP contribution is -2.47. The predicted molar refractivity (Wildman–Crippen MR) is 103 cm³/mol. The van der Waals surface area contributed by atoms with Crippen molar-refractivity contribution in [1.82, 2.24) is 24.6 Å². The number of ether oxygens (including phenoxy) is 1. The minimum Gasteiger partial charge on any atom is -0.444 e. The van der Waals surface area contributed by atoms with Crippen molar-refractivity contribution >= 4 is 17.9 Å². The summed E-state index contributed by atoms with van der Waals surface area (Å²) in [5.41, 5.74) is 7.01. The van der Waals surface area contributed by atoms with E-state index in [4.69, 9.17) is 10.5 Å². The van der Waals surface area contributed by atoms with Gasteiger partial charge in [0.2, 0.25) is 5.95 Å². The molecule has 9 heteroatoms. The van der Waals surface area contributed by atoms with Crippen LogP contribution in [-0.2, 0) is 11.8 Å². The zero-order valence-electron chi connectivity index (χ0n) is 16.3. The first-order valence-corrected chi connectivity index (χ1v) is 9.07. The van der Waals surface area contributed by atoms with Gasteiger partial charge in [0.25, 0.3) is 0 Å². The molecule has 0 radical (unpaired) electrons. The number of likely N-dealkylation sites (tertiary alicyclic amines) is 1. The van der Waals surface area contributed by atoms with Crippen LogP contribution in [0.1, 0.15) is 33.6 Å². The van der Waals surface area contributed by atoms with Crippen LogP contribution < -0.4 is 11.1 Å². The molecular formula is C18H27N7O2. The predicted octanol–water partition coefficient (Wildman–Crippen LogP) is 2.27. The molecule has 9 nitrogen and oxygen atoms in total. The third-order valence-electron chi connectivity index (χ3n) is 4.24. The third kappa shape index (κ3) is 4.87. The number of amides is 1. The monoisotopic (exact) mass is 373 g/mol. The maximum absolute atomic E-state index is 12.4. The SMILES string of the molecule is Cn1cc(-c2cnc(N)nc2N[C@H]2CCCN(C(=O)OC(C)(C)C)C2)cn1. The number of aromatic nitrogens is 4. The van der Waals surface area contributed by atoms with Gasteiger partial charge in [-0.25, -0.2) is 9.78 Å². The van der Waals surface area contributed by atoms with E-state index in [-0.39, 0.29) is 18.1 Å². The van der Waals surface area contributed by atoms with E-state index < -0.39 is 5.60 Å². The van der Waals surface area contributed by atoms with Gasteiger partial charge < -0.3 is 20.7 Å². The molecule has 1 saturated heterocycles. The molecule has 2 aromatic rings. The van der Waals surface area contributed by atoms with E-state index in [9.17, 15) is 4.79 Å². The zero-order valence-corrected chi connectivity index (χ0v) is 16.3. The quantitative estimate of drug-likeness (QED) is 0.849. The maximum atomic E-state index is 12.4. The van der Waals surface area contributed by atoms with Gasteiger partial charge >= 0.3 is 6.09 Å². The van der Waals surface area contributed by atoms with Crippen LogP contribution in [0.15, 0.2) is 18.6 Å². The summed E-state index contributed by atoms with van der Waals surface area (Å²) in [4.78, 5) is 22.6. The summed E-state index contributed by atoms with van der Waals surface area (Å²) in [5, 5.41) is 7.63. The summed E-state index contributed by atoms with van der Waals surface area (Å²) < 4.78 is 7.22. The van der Waals surface area contributed by atoms with Gasteiger partial charge in [0.15, 0.2) is 0 Å². The summed E-state index contributed by atoms with van der Waals surface area (Å²) in [6.45, 7) is 6.84. The second kappa shape index (κ2) is 7.42. The molecular weight excluding hydrogens is 346 g/mol. The highest BCUT2D eigenvalue weighted by Gasteiger charge is 2.28. The molecule has 1 amide bonds. The van der Waals surface area contributed by atoms with Gasteiger partial charge in [0.05, 0.1) is 6.20 Å². The lowest BCUT2D eigenvalue weighted by molar-refractivity contribution is 0.0206. The highest BCUT2D eigenvalue weighted by Crippen LogP contribution is 2.27. The second-order valence-electron chi connectivity index (χ2n) is 7.80. The van der Waals surface area contributed by atoms with E-state index in [1.54, 1.807) is 22.0 Å². The van der Waals surface area contributed by atoms with E-state index in [0.29, 0.717) is 18.9 Å². The first-order valence-electron chi connectivity index (χ1n) is 9.07. The number of aryl methyl sites for hydroxylation is 1. The Labute approximate surface area is 158 Å². The molecule has 3 N–H and O–H groups in total. The van der Waals surface area contributed by atoms with Crippen LogP contribution in [0.5, 0.6) is 0 Å². The number of hydrogen-bond acceptors (Lipinski definition) is 7. The highest BCUT2D eigenvalue weighted by atomic mass is 16.6. The number of nitrogens with zero attached hydrogens (tertiary/aromatic N) is 5. The van der Waals surface area contributed by atoms with Gasteiger partial charge in [-0.05, 0) is 33.6 Å². The summed E-state index contributed by atoms with van der Waals surface area (Å²) in [6.07, 6.45) is 6.87. The molecule has 1 aliphatic rings. The van der Waals surface area contributed by atoms with E-state index in [0.717, 1.165) is 24.0 Å². The van der Waals surface area contributed by atoms with Crippen LogP contribution in [0.3, 0.4) is 0 Å². The van der Waals surface area contributed by atoms with Crippen LogP contribution >= 0.6 is 0 Å². The largest absolute Gasteiger partial charge is 0.444 e. The molecule has 27 heavy (non-hydrogen) atoms. The first kappa shape index (κ1) is 18.9. The Kier molecular flexibility index (Phi) is 5.20. The molecule has 0 unspecified atom stereocenters. The Balaban J connectivity index is 1.75. The molecule has 1 atom stereocenters. The zero-order chi connectivity index (χ0) is 19.6. The van der Waals surface area contributed by atoms with Gasteiger partial charge in [-0.2, -0.15) is 10.1 Å². The fraction of sp³-hybridized carbons (Fsp3) is 0.556. The Bertz CT molecular complexity index is 812. The Morgan fingerprint density at radius 1 is 1.37 bits per heavy atom. The van der Waals surface area contributed by atoms with Crippen LogP contribution in [0.25, 0.3) is 11.1 Å². The molecule has 3 heterocycles. The second-order valence-corrected chi connectivity index (χ2v) is 7.80. The van der Waals surface area contributed by atoms with E-state index in [2.05, 4.69) is 20.4 Å². The van der Waals surface area contributed by atoms with Gasteiger partial charge in [0, 0.05) is 49.7 Å². The van der Waals surface area contributed by atoms with Crippen molar-refractivity contribution < 1.29 is 9.53 Å². The molecule has 1 aliphatic heterocycles. The Hall–Kier alpha value is -2.84. The fourth-order valence-corrected chi connectivity index (χ4v) is 3.06. The van der Waals surface area contributed by atoms with Crippen molar-refractivity contribution in [1.29, 1.82) is 0 Å². The number of nitrogen functional groups attached to an aromatic ring is 1. The van der Waals surface area contributed by atoms with Crippen molar-refractivity contribution in [2.75, 3.05) is 24.1 Å². The molecule has 0 aromatic carbocycles. The Morgan fingerprint density at radius 3 is 2.81 bits per heavy atom. The van der Waals surface area contributed by atoms with Crippen molar-refractivity contribution in [3.05, 3.63) is 18.6 Å². The number of nitrogens with two attached hydrogens (primary N) is 1. The number of rotatable bonds is 3.